The molecule has 0 saturated carbocycles. The zero-order chi connectivity index (χ0) is 15.6. The van der Waals surface area contributed by atoms with Gasteiger partial charge in [-0.15, -0.1) is 0 Å². The van der Waals surface area contributed by atoms with Crippen molar-refractivity contribution in [1.82, 2.24) is 15.0 Å². The van der Waals surface area contributed by atoms with E-state index in [1.807, 2.05) is 18.2 Å². The van der Waals surface area contributed by atoms with Gasteiger partial charge in [-0.25, -0.2) is 4.98 Å². The van der Waals surface area contributed by atoms with Crippen molar-refractivity contribution in [3.63, 3.8) is 0 Å². The molecule has 0 saturated heterocycles. The van der Waals surface area contributed by atoms with Crippen LogP contribution in [0.2, 0.25) is 0 Å². The average molecular weight is 297 g/mol. The Morgan fingerprint density at radius 2 is 1.74 bits per heavy atom. The highest BCUT2D eigenvalue weighted by Gasteiger charge is 2.29. The fourth-order valence-corrected chi connectivity index (χ4v) is 3.31. The van der Waals surface area contributed by atoms with E-state index in [1.54, 1.807) is 24.5 Å². The third kappa shape index (κ3) is 1.55. The van der Waals surface area contributed by atoms with Crippen LogP contribution < -0.4 is 0 Å². The summed E-state index contributed by atoms with van der Waals surface area (Å²) < 4.78 is 0. The number of benzene rings is 1. The van der Waals surface area contributed by atoms with Gasteiger partial charge in [0.1, 0.15) is 17.1 Å². The van der Waals surface area contributed by atoms with Crippen LogP contribution in [0.5, 0.6) is 0 Å². The summed E-state index contributed by atoms with van der Waals surface area (Å²) in [7, 11) is 0. The van der Waals surface area contributed by atoms with Gasteiger partial charge in [-0.05, 0) is 42.6 Å². The lowest BCUT2D eigenvalue weighted by molar-refractivity contribution is 0.103. The standard InChI is InChI=1S/C19H11N3O/c1-10-4-5-14-13(9-10)11-6-8-21-18-15(11)17(22-14)16-12(19(18)23)3-2-7-20-16/h2-9H,1H3. The fraction of sp³-hybridized carbons (Fsp3) is 0.0526. The van der Waals surface area contributed by atoms with E-state index in [0.29, 0.717) is 17.0 Å². The van der Waals surface area contributed by atoms with Gasteiger partial charge in [-0.3, -0.25) is 14.8 Å². The van der Waals surface area contributed by atoms with Crippen molar-refractivity contribution >= 4 is 27.5 Å². The topological polar surface area (TPSA) is 55.7 Å². The molecule has 4 aromatic rings. The number of hydrogen-bond donors (Lipinski definition) is 0. The Morgan fingerprint density at radius 1 is 0.870 bits per heavy atom. The van der Waals surface area contributed by atoms with E-state index in [2.05, 4.69) is 23.0 Å². The van der Waals surface area contributed by atoms with E-state index in [9.17, 15) is 4.79 Å². The van der Waals surface area contributed by atoms with Crippen molar-refractivity contribution in [2.45, 2.75) is 6.92 Å². The monoisotopic (exact) mass is 297 g/mol. The molecule has 4 heteroatoms. The molecule has 0 aliphatic heterocycles. The van der Waals surface area contributed by atoms with Crippen LogP contribution in [0, 0.1) is 6.92 Å². The molecule has 1 aliphatic carbocycles. The number of nitrogens with zero attached hydrogens (tertiary/aromatic N) is 3. The summed E-state index contributed by atoms with van der Waals surface area (Å²) in [4.78, 5) is 26.3. The lowest BCUT2D eigenvalue weighted by Crippen LogP contribution is -2.14. The fourth-order valence-electron chi connectivity index (χ4n) is 3.31. The molecule has 0 bridgehead atoms. The molecule has 0 spiro atoms. The van der Waals surface area contributed by atoms with Crippen LogP contribution in [0.4, 0.5) is 0 Å². The van der Waals surface area contributed by atoms with Gasteiger partial charge < -0.3 is 0 Å². The van der Waals surface area contributed by atoms with Gasteiger partial charge in [0, 0.05) is 23.2 Å². The molecule has 0 fully saturated rings. The molecular weight excluding hydrogens is 286 g/mol. The molecule has 0 N–H and O–H groups in total. The third-order valence-corrected chi connectivity index (χ3v) is 4.35. The number of pyridine rings is 3. The number of hydrogen-bond acceptors (Lipinski definition) is 4. The number of aryl methyl sites for hydroxylation is 1. The molecule has 23 heavy (non-hydrogen) atoms. The lowest BCUT2D eigenvalue weighted by atomic mass is 9.90. The molecule has 0 amide bonds. The minimum absolute atomic E-state index is 0.0833. The summed E-state index contributed by atoms with van der Waals surface area (Å²) in [6.45, 7) is 2.05. The summed E-state index contributed by atoms with van der Waals surface area (Å²) >= 11 is 0. The number of fused-ring (bicyclic) bond motifs is 4. The van der Waals surface area contributed by atoms with Crippen LogP contribution in [-0.2, 0) is 0 Å². The second kappa shape index (κ2) is 4.20. The minimum Gasteiger partial charge on any atom is -0.287 e. The van der Waals surface area contributed by atoms with Crippen LogP contribution in [0.25, 0.3) is 33.1 Å². The first-order chi connectivity index (χ1) is 11.2. The number of ketones is 1. The number of rotatable bonds is 0. The first kappa shape index (κ1) is 12.4. The van der Waals surface area contributed by atoms with Crippen LogP contribution >= 0.6 is 0 Å². The number of carbonyl (C=O) groups excluding carboxylic acids is 1. The van der Waals surface area contributed by atoms with E-state index < -0.39 is 0 Å². The quantitative estimate of drug-likeness (QED) is 0.409. The summed E-state index contributed by atoms with van der Waals surface area (Å²) in [6, 6.07) is 11.7. The maximum absolute atomic E-state index is 12.8. The highest BCUT2D eigenvalue weighted by atomic mass is 16.1. The van der Waals surface area contributed by atoms with Crippen molar-refractivity contribution < 1.29 is 4.79 Å². The SMILES string of the molecule is Cc1ccc2nc3c4c(nccc4c2c1)C(=O)c1cccnc1-3. The van der Waals surface area contributed by atoms with Gasteiger partial charge in [-0.1, -0.05) is 11.6 Å². The van der Waals surface area contributed by atoms with Gasteiger partial charge in [-0.2, -0.15) is 0 Å². The van der Waals surface area contributed by atoms with E-state index in [4.69, 9.17) is 4.98 Å². The van der Waals surface area contributed by atoms with E-state index in [1.165, 1.54) is 0 Å². The molecule has 4 nitrogen and oxygen atoms in total. The molecule has 5 rings (SSSR count). The molecule has 3 aromatic heterocycles. The van der Waals surface area contributed by atoms with Crippen LogP contribution in [0.15, 0.2) is 48.8 Å². The lowest BCUT2D eigenvalue weighted by Gasteiger charge is -2.18. The molecule has 0 atom stereocenters. The Balaban J connectivity index is 2.08. The first-order valence-corrected chi connectivity index (χ1v) is 7.43. The van der Waals surface area contributed by atoms with Gasteiger partial charge >= 0.3 is 0 Å². The highest BCUT2D eigenvalue weighted by Crippen LogP contribution is 2.38. The smallest absolute Gasteiger partial charge is 0.214 e. The molecular formula is C19H11N3O. The maximum Gasteiger partial charge on any atom is 0.214 e. The third-order valence-electron chi connectivity index (χ3n) is 4.35. The number of aromatic nitrogens is 3. The van der Waals surface area contributed by atoms with Crippen LogP contribution in [0.3, 0.4) is 0 Å². The average Bonchev–Trinajstić information content (AvgIpc) is 2.59. The maximum atomic E-state index is 12.8. The first-order valence-electron chi connectivity index (χ1n) is 7.43. The second-order valence-electron chi connectivity index (χ2n) is 5.79. The summed E-state index contributed by atoms with van der Waals surface area (Å²) in [5.41, 5.74) is 4.49. The summed E-state index contributed by atoms with van der Waals surface area (Å²) in [6.07, 6.45) is 3.39. The molecule has 108 valence electrons. The zero-order valence-corrected chi connectivity index (χ0v) is 12.4. The zero-order valence-electron chi connectivity index (χ0n) is 12.4. The Hall–Kier alpha value is -3.14. The van der Waals surface area contributed by atoms with Crippen LogP contribution in [-0.4, -0.2) is 20.7 Å². The highest BCUT2D eigenvalue weighted by molar-refractivity contribution is 6.26. The minimum atomic E-state index is -0.0833. The predicted octanol–water partition coefficient (Wildman–Crippen LogP) is 3.70. The van der Waals surface area contributed by atoms with E-state index in [-0.39, 0.29) is 5.78 Å². The van der Waals surface area contributed by atoms with Gasteiger partial charge in [0.25, 0.3) is 0 Å². The van der Waals surface area contributed by atoms with Crippen molar-refractivity contribution in [1.29, 1.82) is 0 Å². The molecule has 0 unspecified atom stereocenters. The molecule has 1 aromatic carbocycles. The predicted molar refractivity (Wildman–Crippen MR) is 88.4 cm³/mol. The van der Waals surface area contributed by atoms with Gasteiger partial charge in [0.15, 0.2) is 0 Å². The normalized spacial score (nSPS) is 12.7. The molecule has 3 heterocycles. The summed E-state index contributed by atoms with van der Waals surface area (Å²) in [5, 5.41) is 2.85. The number of carbonyl (C=O) groups is 1. The summed E-state index contributed by atoms with van der Waals surface area (Å²) in [5.74, 6) is -0.0833. The van der Waals surface area contributed by atoms with Crippen molar-refractivity contribution in [3.8, 4) is 11.4 Å². The van der Waals surface area contributed by atoms with Gasteiger partial charge in [0.05, 0.1) is 11.1 Å². The Morgan fingerprint density at radius 3 is 2.65 bits per heavy atom. The largest absolute Gasteiger partial charge is 0.287 e. The van der Waals surface area contributed by atoms with Crippen molar-refractivity contribution in [3.05, 3.63) is 65.6 Å². The Labute approximate surface area is 131 Å². The van der Waals surface area contributed by atoms with Crippen molar-refractivity contribution in [2.24, 2.45) is 0 Å². The van der Waals surface area contributed by atoms with Gasteiger partial charge in [0.2, 0.25) is 5.78 Å². The Kier molecular flexibility index (Phi) is 2.26. The van der Waals surface area contributed by atoms with E-state index in [0.717, 1.165) is 32.9 Å². The molecule has 1 aliphatic rings. The van der Waals surface area contributed by atoms with Crippen LogP contribution in [0.1, 0.15) is 21.6 Å². The van der Waals surface area contributed by atoms with E-state index >= 15 is 0 Å². The second-order valence-corrected chi connectivity index (χ2v) is 5.79. The Bertz CT molecular complexity index is 1150. The molecule has 0 radical (unpaired) electrons. The van der Waals surface area contributed by atoms with Crippen molar-refractivity contribution in [2.75, 3.05) is 0 Å².